The van der Waals surface area contributed by atoms with E-state index in [0.717, 1.165) is 5.75 Å². The fourth-order valence-corrected chi connectivity index (χ4v) is 2.47. The summed E-state index contributed by atoms with van der Waals surface area (Å²) in [4.78, 5) is 24.3. The molecule has 1 aromatic heterocycles. The van der Waals surface area contributed by atoms with Crippen LogP contribution in [0.2, 0.25) is 0 Å². The number of rotatable bonds is 1. The van der Waals surface area contributed by atoms with Gasteiger partial charge >= 0.3 is 5.97 Å². The molecule has 0 radical (unpaired) electrons. The van der Waals surface area contributed by atoms with E-state index in [1.54, 1.807) is 0 Å². The topological polar surface area (TPSA) is 70.8 Å². The Morgan fingerprint density at radius 3 is 2.93 bits per heavy atom. The minimum atomic E-state index is -1.15. The van der Waals surface area contributed by atoms with Crippen LogP contribution in [0.1, 0.15) is 17.5 Å². The largest absolute Gasteiger partial charge is 0.475 e. The number of amides is 1. The van der Waals surface area contributed by atoms with Gasteiger partial charge in [-0.1, -0.05) is 0 Å². The lowest BCUT2D eigenvalue weighted by Crippen LogP contribution is -2.34. The average Bonchev–Trinajstić information content (AvgIpc) is 2.60. The van der Waals surface area contributed by atoms with Gasteiger partial charge in [0.15, 0.2) is 0 Å². The number of fused-ring (bicyclic) bond motifs is 1. The lowest BCUT2D eigenvalue weighted by Gasteiger charge is -2.25. The molecule has 80 valence electrons. The quantitative estimate of drug-likeness (QED) is 0.786. The van der Waals surface area contributed by atoms with E-state index in [-0.39, 0.29) is 11.7 Å². The van der Waals surface area contributed by atoms with Crippen LogP contribution in [0, 0.1) is 0 Å². The molecule has 15 heavy (non-hydrogen) atoms. The van der Waals surface area contributed by atoms with E-state index in [4.69, 9.17) is 9.52 Å². The molecule has 1 aliphatic rings. The van der Waals surface area contributed by atoms with Crippen LogP contribution in [0.5, 0.6) is 0 Å². The summed E-state index contributed by atoms with van der Waals surface area (Å²) in [6.07, 6.45) is 1.39. The number of anilines is 1. The van der Waals surface area contributed by atoms with Gasteiger partial charge in [-0.25, -0.2) is 4.79 Å². The summed E-state index contributed by atoms with van der Waals surface area (Å²) in [5, 5.41) is 8.89. The predicted octanol–water partition coefficient (Wildman–Crippen LogP) is 1.44. The van der Waals surface area contributed by atoms with Gasteiger partial charge in [-0.05, 0) is 0 Å². The van der Waals surface area contributed by atoms with E-state index in [0.29, 0.717) is 17.1 Å². The molecule has 0 unspecified atom stereocenters. The zero-order chi connectivity index (χ0) is 11.0. The van der Waals surface area contributed by atoms with Gasteiger partial charge in [0.25, 0.3) is 0 Å². The first kappa shape index (κ1) is 10.1. The van der Waals surface area contributed by atoms with Crippen molar-refractivity contribution in [2.75, 3.05) is 17.2 Å². The van der Waals surface area contributed by atoms with Gasteiger partial charge in [0.2, 0.25) is 11.7 Å². The third-order valence-electron chi connectivity index (χ3n) is 2.15. The second-order valence-electron chi connectivity index (χ2n) is 3.10. The maximum atomic E-state index is 11.3. The Morgan fingerprint density at radius 1 is 1.60 bits per heavy atom. The van der Waals surface area contributed by atoms with E-state index in [9.17, 15) is 9.59 Å². The Labute approximate surface area is 90.0 Å². The van der Waals surface area contributed by atoms with Crippen molar-refractivity contribution >= 4 is 29.3 Å². The summed E-state index contributed by atoms with van der Waals surface area (Å²) in [5.74, 6) is -0.719. The fraction of sp³-hybridized carbons (Fsp3) is 0.333. The summed E-state index contributed by atoms with van der Waals surface area (Å²) in [5.41, 5.74) is 0.395. The van der Waals surface area contributed by atoms with Crippen molar-refractivity contribution in [3.8, 4) is 0 Å². The van der Waals surface area contributed by atoms with Crippen molar-refractivity contribution in [3.63, 3.8) is 0 Å². The van der Waals surface area contributed by atoms with Crippen LogP contribution in [0.15, 0.2) is 15.6 Å². The zero-order valence-corrected chi connectivity index (χ0v) is 8.84. The molecule has 0 saturated heterocycles. The van der Waals surface area contributed by atoms with Crippen LogP contribution in [-0.2, 0) is 4.79 Å². The number of nitrogens with zero attached hydrogens (tertiary/aromatic N) is 1. The SMILES string of the molecule is CC(=O)N1CCSc2coc(C(=O)O)c21. The summed E-state index contributed by atoms with van der Waals surface area (Å²) in [6.45, 7) is 1.94. The number of thioether (sulfide) groups is 1. The Balaban J connectivity index is 2.52. The van der Waals surface area contributed by atoms with Gasteiger partial charge in [0.1, 0.15) is 12.0 Å². The van der Waals surface area contributed by atoms with Gasteiger partial charge in [0, 0.05) is 19.2 Å². The molecule has 1 aromatic rings. The monoisotopic (exact) mass is 227 g/mol. The Hall–Kier alpha value is -1.43. The first-order valence-electron chi connectivity index (χ1n) is 4.37. The van der Waals surface area contributed by atoms with E-state index in [1.807, 2.05) is 0 Å². The van der Waals surface area contributed by atoms with Gasteiger partial charge in [-0.3, -0.25) is 4.79 Å². The van der Waals surface area contributed by atoms with E-state index < -0.39 is 5.97 Å². The summed E-state index contributed by atoms with van der Waals surface area (Å²) < 4.78 is 4.95. The third kappa shape index (κ3) is 1.61. The highest BCUT2D eigenvalue weighted by Gasteiger charge is 2.29. The van der Waals surface area contributed by atoms with Crippen molar-refractivity contribution in [2.45, 2.75) is 11.8 Å². The second-order valence-corrected chi connectivity index (χ2v) is 4.24. The van der Waals surface area contributed by atoms with Crippen molar-refractivity contribution < 1.29 is 19.1 Å². The van der Waals surface area contributed by atoms with Crippen molar-refractivity contribution in [3.05, 3.63) is 12.0 Å². The van der Waals surface area contributed by atoms with Crippen LogP contribution in [-0.4, -0.2) is 29.3 Å². The van der Waals surface area contributed by atoms with Crippen LogP contribution < -0.4 is 4.90 Å². The van der Waals surface area contributed by atoms with Crippen LogP contribution in [0.25, 0.3) is 0 Å². The molecular formula is C9H9NO4S. The van der Waals surface area contributed by atoms with Gasteiger partial charge in [-0.2, -0.15) is 0 Å². The maximum absolute atomic E-state index is 11.3. The van der Waals surface area contributed by atoms with Crippen molar-refractivity contribution in [1.29, 1.82) is 0 Å². The highest BCUT2D eigenvalue weighted by atomic mass is 32.2. The van der Waals surface area contributed by atoms with Gasteiger partial charge in [-0.15, -0.1) is 11.8 Å². The minimum absolute atomic E-state index is 0.160. The van der Waals surface area contributed by atoms with E-state index in [2.05, 4.69) is 0 Å². The van der Waals surface area contributed by atoms with Crippen molar-refractivity contribution in [1.82, 2.24) is 0 Å². The fourth-order valence-electron chi connectivity index (χ4n) is 1.52. The molecule has 2 rings (SSSR count). The number of carbonyl (C=O) groups is 2. The third-order valence-corrected chi connectivity index (χ3v) is 3.14. The molecule has 2 heterocycles. The van der Waals surface area contributed by atoms with E-state index >= 15 is 0 Å². The van der Waals surface area contributed by atoms with E-state index in [1.165, 1.54) is 29.8 Å². The number of carbonyl (C=O) groups excluding carboxylic acids is 1. The van der Waals surface area contributed by atoms with Crippen LogP contribution in [0.3, 0.4) is 0 Å². The van der Waals surface area contributed by atoms with Crippen LogP contribution in [0.4, 0.5) is 5.69 Å². The number of hydrogen-bond donors (Lipinski definition) is 1. The average molecular weight is 227 g/mol. The Kier molecular flexibility index (Phi) is 2.44. The highest BCUT2D eigenvalue weighted by Crippen LogP contribution is 2.39. The summed E-state index contributed by atoms with van der Waals surface area (Å²) >= 11 is 1.50. The number of furan rings is 1. The summed E-state index contributed by atoms with van der Waals surface area (Å²) in [6, 6.07) is 0. The second kappa shape index (κ2) is 3.62. The number of carboxylic acids is 1. The first-order chi connectivity index (χ1) is 7.11. The highest BCUT2D eigenvalue weighted by molar-refractivity contribution is 7.99. The number of aromatic carboxylic acids is 1. The predicted molar refractivity (Wildman–Crippen MR) is 54.4 cm³/mol. The molecule has 0 aromatic carbocycles. The normalized spacial score (nSPS) is 14.9. The molecule has 6 heteroatoms. The molecule has 0 bridgehead atoms. The molecule has 0 spiro atoms. The first-order valence-corrected chi connectivity index (χ1v) is 5.35. The molecule has 5 nitrogen and oxygen atoms in total. The zero-order valence-electron chi connectivity index (χ0n) is 8.02. The number of hydrogen-bond acceptors (Lipinski definition) is 4. The molecule has 0 saturated carbocycles. The Morgan fingerprint density at radius 2 is 2.33 bits per heavy atom. The lowest BCUT2D eigenvalue weighted by molar-refractivity contribution is -0.116. The van der Waals surface area contributed by atoms with Crippen molar-refractivity contribution in [2.24, 2.45) is 0 Å². The summed E-state index contributed by atoms with van der Waals surface area (Å²) in [7, 11) is 0. The lowest BCUT2D eigenvalue weighted by atomic mass is 10.3. The maximum Gasteiger partial charge on any atom is 0.374 e. The molecular weight excluding hydrogens is 218 g/mol. The molecule has 1 amide bonds. The van der Waals surface area contributed by atoms with Crippen LogP contribution >= 0.6 is 11.8 Å². The standard InChI is InChI=1S/C9H9NO4S/c1-5(11)10-2-3-15-6-4-14-8(7(6)10)9(12)13/h4H,2-3H2,1H3,(H,12,13). The van der Waals surface area contributed by atoms with Gasteiger partial charge in [0.05, 0.1) is 4.90 Å². The molecule has 0 atom stereocenters. The molecule has 1 aliphatic heterocycles. The Bertz CT molecular complexity index is 426. The smallest absolute Gasteiger partial charge is 0.374 e. The number of carboxylic acid groups (broad SMARTS) is 1. The molecule has 0 fully saturated rings. The molecule has 1 N–H and O–H groups in total. The molecule has 0 aliphatic carbocycles. The minimum Gasteiger partial charge on any atom is -0.475 e. The van der Waals surface area contributed by atoms with Gasteiger partial charge < -0.3 is 14.4 Å².